The van der Waals surface area contributed by atoms with Crippen molar-refractivity contribution in [3.63, 3.8) is 0 Å². The van der Waals surface area contributed by atoms with Crippen molar-refractivity contribution < 1.29 is 26.7 Å². The van der Waals surface area contributed by atoms with Gasteiger partial charge in [-0.15, -0.1) is 0 Å². The van der Waals surface area contributed by atoms with Gasteiger partial charge in [0.2, 0.25) is 0 Å². The Hall–Kier alpha value is -1.66. The molecule has 0 bridgehead atoms. The van der Waals surface area contributed by atoms with Crippen molar-refractivity contribution >= 4 is 5.91 Å². The maximum Gasteiger partial charge on any atom is 0.471 e. The molecule has 0 heterocycles. The quantitative estimate of drug-likeness (QED) is 0.741. The van der Waals surface area contributed by atoms with Gasteiger partial charge in [0.15, 0.2) is 0 Å². The number of carbonyl (C=O) groups is 1. The Morgan fingerprint density at radius 3 is 2.41 bits per heavy atom. The molecule has 0 atom stereocenters. The van der Waals surface area contributed by atoms with Crippen LogP contribution in [0, 0.1) is 11.6 Å². The minimum Gasteiger partial charge on any atom is -0.334 e. The monoisotopic (exact) mass is 253 g/mol. The third-order valence-electron chi connectivity index (χ3n) is 2.00. The molecule has 2 nitrogen and oxygen atoms in total. The van der Waals surface area contributed by atoms with Crippen LogP contribution in [-0.2, 0) is 11.3 Å². The van der Waals surface area contributed by atoms with E-state index in [1.807, 2.05) is 0 Å². The number of hydrogen-bond donors (Lipinski definition) is 0. The van der Waals surface area contributed by atoms with Crippen LogP contribution in [0.25, 0.3) is 0 Å². The molecule has 1 aromatic carbocycles. The van der Waals surface area contributed by atoms with Crippen LogP contribution in [-0.4, -0.2) is 24.0 Å². The largest absolute Gasteiger partial charge is 0.471 e. The van der Waals surface area contributed by atoms with E-state index in [4.69, 9.17) is 0 Å². The average Bonchev–Trinajstić information content (AvgIpc) is 2.21. The fourth-order valence-electron chi connectivity index (χ4n) is 1.21. The van der Waals surface area contributed by atoms with Crippen LogP contribution in [0.4, 0.5) is 22.0 Å². The number of carbonyl (C=O) groups excluding carboxylic acids is 1. The number of benzene rings is 1. The fourth-order valence-corrected chi connectivity index (χ4v) is 1.21. The SMILES string of the molecule is CN(Cc1cc(F)ccc1F)C(=O)C(F)(F)F. The lowest BCUT2D eigenvalue weighted by Crippen LogP contribution is -2.38. The van der Waals surface area contributed by atoms with Gasteiger partial charge in [-0.3, -0.25) is 4.79 Å². The third kappa shape index (κ3) is 3.40. The summed E-state index contributed by atoms with van der Waals surface area (Å²) in [5.41, 5.74) is -0.315. The van der Waals surface area contributed by atoms with Crippen molar-refractivity contribution in [1.29, 1.82) is 0 Å². The molecule has 0 saturated heterocycles. The number of nitrogens with zero attached hydrogens (tertiary/aromatic N) is 1. The predicted molar refractivity (Wildman–Crippen MR) is 48.9 cm³/mol. The summed E-state index contributed by atoms with van der Waals surface area (Å²) in [5.74, 6) is -3.76. The van der Waals surface area contributed by atoms with Gasteiger partial charge in [-0.25, -0.2) is 8.78 Å². The van der Waals surface area contributed by atoms with Gasteiger partial charge in [-0.05, 0) is 18.2 Å². The molecular formula is C10H8F5NO. The van der Waals surface area contributed by atoms with E-state index in [0.717, 1.165) is 25.2 Å². The van der Waals surface area contributed by atoms with Crippen LogP contribution in [0.15, 0.2) is 18.2 Å². The van der Waals surface area contributed by atoms with Gasteiger partial charge in [0.05, 0.1) is 0 Å². The lowest BCUT2D eigenvalue weighted by Gasteiger charge is -2.18. The summed E-state index contributed by atoms with van der Waals surface area (Å²) in [6, 6.07) is 2.37. The Balaban J connectivity index is 2.85. The van der Waals surface area contributed by atoms with E-state index >= 15 is 0 Å². The number of amides is 1. The molecule has 17 heavy (non-hydrogen) atoms. The summed E-state index contributed by atoms with van der Waals surface area (Å²) in [7, 11) is 0.861. The maximum absolute atomic E-state index is 13.1. The second-order valence-electron chi connectivity index (χ2n) is 3.39. The van der Waals surface area contributed by atoms with Crippen molar-refractivity contribution in [3.05, 3.63) is 35.4 Å². The van der Waals surface area contributed by atoms with Crippen molar-refractivity contribution in [2.75, 3.05) is 7.05 Å². The molecule has 0 aliphatic carbocycles. The third-order valence-corrected chi connectivity index (χ3v) is 2.00. The summed E-state index contributed by atoms with van der Waals surface area (Å²) in [4.78, 5) is 11.0. The second kappa shape index (κ2) is 4.68. The van der Waals surface area contributed by atoms with E-state index in [1.165, 1.54) is 0 Å². The molecule has 7 heteroatoms. The summed E-state index contributed by atoms with van der Waals surface area (Å²) >= 11 is 0. The van der Waals surface area contributed by atoms with E-state index in [2.05, 4.69) is 0 Å². The highest BCUT2D eigenvalue weighted by Crippen LogP contribution is 2.20. The molecule has 0 aliphatic heterocycles. The normalized spacial score (nSPS) is 11.4. The molecule has 0 unspecified atom stereocenters. The Bertz CT molecular complexity index is 429. The number of alkyl halides is 3. The van der Waals surface area contributed by atoms with Gasteiger partial charge in [0.1, 0.15) is 11.6 Å². The zero-order chi connectivity index (χ0) is 13.2. The molecular weight excluding hydrogens is 245 g/mol. The highest BCUT2D eigenvalue weighted by molar-refractivity contribution is 5.81. The molecule has 0 N–H and O–H groups in total. The average molecular weight is 253 g/mol. The first kappa shape index (κ1) is 13.4. The van der Waals surface area contributed by atoms with Crippen molar-refractivity contribution in [2.24, 2.45) is 0 Å². The fraction of sp³-hybridized carbons (Fsp3) is 0.300. The second-order valence-corrected chi connectivity index (χ2v) is 3.39. The minimum atomic E-state index is -5.03. The number of rotatable bonds is 2. The molecule has 0 radical (unpaired) electrons. The van der Waals surface area contributed by atoms with Gasteiger partial charge in [0, 0.05) is 19.2 Å². The molecule has 0 spiro atoms. The first-order valence-electron chi connectivity index (χ1n) is 4.48. The highest BCUT2D eigenvalue weighted by atomic mass is 19.4. The van der Waals surface area contributed by atoms with Crippen LogP contribution in [0.3, 0.4) is 0 Å². The van der Waals surface area contributed by atoms with Gasteiger partial charge >= 0.3 is 12.1 Å². The zero-order valence-corrected chi connectivity index (χ0v) is 8.68. The van der Waals surface area contributed by atoms with Crippen LogP contribution < -0.4 is 0 Å². The minimum absolute atomic E-state index is 0.276. The first-order valence-corrected chi connectivity index (χ1v) is 4.48. The van der Waals surface area contributed by atoms with Crippen LogP contribution in [0.5, 0.6) is 0 Å². The molecule has 94 valence electrons. The molecule has 1 rings (SSSR count). The Labute approximate surface area is 93.6 Å². The zero-order valence-electron chi connectivity index (χ0n) is 8.68. The highest BCUT2D eigenvalue weighted by Gasteiger charge is 2.41. The lowest BCUT2D eigenvalue weighted by atomic mass is 10.2. The molecule has 1 amide bonds. The van der Waals surface area contributed by atoms with Gasteiger partial charge in [-0.2, -0.15) is 13.2 Å². The molecule has 0 aliphatic rings. The van der Waals surface area contributed by atoms with Crippen molar-refractivity contribution in [2.45, 2.75) is 12.7 Å². The Morgan fingerprint density at radius 1 is 1.29 bits per heavy atom. The standard InChI is InChI=1S/C10H8F5NO/c1-16(9(17)10(13,14)15)5-6-4-7(11)2-3-8(6)12/h2-4H,5H2,1H3. The molecule has 0 fully saturated rings. The molecule has 1 aromatic rings. The van der Waals surface area contributed by atoms with Crippen LogP contribution in [0.1, 0.15) is 5.56 Å². The Kier molecular flexibility index (Phi) is 3.69. The van der Waals surface area contributed by atoms with Crippen LogP contribution >= 0.6 is 0 Å². The summed E-state index contributed by atoms with van der Waals surface area (Å²) in [6.45, 7) is -0.651. The lowest BCUT2D eigenvalue weighted by molar-refractivity contribution is -0.184. The van der Waals surface area contributed by atoms with Gasteiger partial charge in [0.25, 0.3) is 0 Å². The topological polar surface area (TPSA) is 20.3 Å². The van der Waals surface area contributed by atoms with E-state index < -0.39 is 30.3 Å². The number of hydrogen-bond acceptors (Lipinski definition) is 1. The van der Waals surface area contributed by atoms with E-state index in [9.17, 15) is 26.7 Å². The Morgan fingerprint density at radius 2 is 1.88 bits per heavy atom. The maximum atomic E-state index is 13.1. The van der Waals surface area contributed by atoms with Crippen molar-refractivity contribution in [3.8, 4) is 0 Å². The van der Waals surface area contributed by atoms with Crippen molar-refractivity contribution in [1.82, 2.24) is 4.90 Å². The van der Waals surface area contributed by atoms with Gasteiger partial charge in [-0.1, -0.05) is 0 Å². The summed E-state index contributed by atoms with van der Waals surface area (Å²) in [5, 5.41) is 0. The predicted octanol–water partition coefficient (Wildman–Crippen LogP) is 2.49. The summed E-state index contributed by atoms with van der Waals surface area (Å²) < 4.78 is 61.9. The van der Waals surface area contributed by atoms with E-state index in [0.29, 0.717) is 0 Å². The smallest absolute Gasteiger partial charge is 0.334 e. The summed E-state index contributed by atoms with van der Waals surface area (Å²) in [6.07, 6.45) is -5.03. The molecule has 0 aromatic heterocycles. The van der Waals surface area contributed by atoms with Gasteiger partial charge < -0.3 is 4.90 Å². The number of halogens is 5. The van der Waals surface area contributed by atoms with E-state index in [1.54, 1.807) is 0 Å². The van der Waals surface area contributed by atoms with E-state index in [-0.39, 0.29) is 10.5 Å². The molecule has 0 saturated carbocycles. The van der Waals surface area contributed by atoms with Crippen LogP contribution in [0.2, 0.25) is 0 Å². The first-order chi connectivity index (χ1) is 7.71.